The number of aliphatic carboxylic acids is 1. The molecule has 0 saturated carbocycles. The van der Waals surface area contributed by atoms with Gasteiger partial charge in [0.1, 0.15) is 10.6 Å². The highest BCUT2D eigenvalue weighted by Gasteiger charge is 2.28. The van der Waals surface area contributed by atoms with Gasteiger partial charge in [-0.15, -0.1) is 11.8 Å². The normalized spacial score (nSPS) is 14.6. The molecular formula is C9H11ClN2O2S. The SMILES string of the molecule is CC(N)(CSc1ncccc1Cl)C(=O)O. The van der Waals surface area contributed by atoms with Gasteiger partial charge in [0.2, 0.25) is 0 Å². The first-order chi connectivity index (χ1) is 6.93. The molecule has 1 aromatic rings. The molecule has 1 atom stereocenters. The number of thioether (sulfide) groups is 1. The van der Waals surface area contributed by atoms with Crippen molar-refractivity contribution in [3.8, 4) is 0 Å². The molecule has 3 N–H and O–H groups in total. The molecule has 0 saturated heterocycles. The van der Waals surface area contributed by atoms with Crippen LogP contribution in [0.25, 0.3) is 0 Å². The van der Waals surface area contributed by atoms with Crippen molar-refractivity contribution in [2.75, 3.05) is 5.75 Å². The van der Waals surface area contributed by atoms with Crippen molar-refractivity contribution in [1.29, 1.82) is 0 Å². The van der Waals surface area contributed by atoms with Crippen molar-refractivity contribution in [2.45, 2.75) is 17.5 Å². The summed E-state index contributed by atoms with van der Waals surface area (Å²) in [7, 11) is 0. The number of carboxylic acids is 1. The van der Waals surface area contributed by atoms with Gasteiger partial charge in [-0.3, -0.25) is 4.79 Å². The van der Waals surface area contributed by atoms with Gasteiger partial charge in [-0.25, -0.2) is 4.98 Å². The van der Waals surface area contributed by atoms with Crippen LogP contribution < -0.4 is 5.73 Å². The summed E-state index contributed by atoms with van der Waals surface area (Å²) in [6.07, 6.45) is 1.60. The van der Waals surface area contributed by atoms with Gasteiger partial charge in [0.15, 0.2) is 0 Å². The number of hydrogen-bond donors (Lipinski definition) is 2. The van der Waals surface area contributed by atoms with Gasteiger partial charge in [-0.2, -0.15) is 0 Å². The van der Waals surface area contributed by atoms with Crippen molar-refractivity contribution in [2.24, 2.45) is 5.73 Å². The van der Waals surface area contributed by atoms with Crippen LogP contribution in [0, 0.1) is 0 Å². The predicted molar refractivity (Wildman–Crippen MR) is 60.2 cm³/mol. The average molecular weight is 247 g/mol. The summed E-state index contributed by atoms with van der Waals surface area (Å²) in [5, 5.41) is 9.89. The standard InChI is InChI=1S/C9H11ClN2O2S/c1-9(11,8(13)14)5-15-7-6(10)3-2-4-12-7/h2-4H,5,11H2,1H3,(H,13,14). The number of carbonyl (C=O) groups is 1. The second-order valence-corrected chi connectivity index (χ2v) is 4.67. The molecule has 0 fully saturated rings. The molecule has 0 aromatic carbocycles. The maximum atomic E-state index is 10.7. The first kappa shape index (κ1) is 12.3. The third kappa shape index (κ3) is 3.37. The Balaban J connectivity index is 2.66. The Labute approximate surface area is 96.8 Å². The fraction of sp³-hybridized carbons (Fsp3) is 0.333. The zero-order valence-corrected chi connectivity index (χ0v) is 9.68. The van der Waals surface area contributed by atoms with Gasteiger partial charge in [0, 0.05) is 11.9 Å². The number of rotatable bonds is 4. The Bertz CT molecular complexity index is 371. The minimum absolute atomic E-state index is 0.221. The minimum Gasteiger partial charge on any atom is -0.480 e. The fourth-order valence-corrected chi connectivity index (χ4v) is 1.94. The van der Waals surface area contributed by atoms with E-state index in [1.165, 1.54) is 18.7 Å². The molecule has 0 aliphatic heterocycles. The highest BCUT2D eigenvalue weighted by atomic mass is 35.5. The second-order valence-electron chi connectivity index (χ2n) is 3.30. The molecule has 0 aliphatic carbocycles. The van der Waals surface area contributed by atoms with E-state index in [4.69, 9.17) is 22.4 Å². The summed E-state index contributed by atoms with van der Waals surface area (Å²) < 4.78 is 0. The van der Waals surface area contributed by atoms with Crippen molar-refractivity contribution < 1.29 is 9.90 Å². The molecule has 0 amide bonds. The van der Waals surface area contributed by atoms with Crippen LogP contribution in [0.3, 0.4) is 0 Å². The number of aromatic nitrogens is 1. The Morgan fingerprint density at radius 3 is 3.00 bits per heavy atom. The molecule has 82 valence electrons. The van der Waals surface area contributed by atoms with Crippen LogP contribution in [0.1, 0.15) is 6.92 Å². The molecule has 1 aromatic heterocycles. The monoisotopic (exact) mass is 246 g/mol. The Kier molecular flexibility index (Phi) is 3.96. The Morgan fingerprint density at radius 1 is 1.80 bits per heavy atom. The van der Waals surface area contributed by atoms with Crippen molar-refractivity contribution in [3.63, 3.8) is 0 Å². The van der Waals surface area contributed by atoms with E-state index in [0.29, 0.717) is 10.0 Å². The lowest BCUT2D eigenvalue weighted by Gasteiger charge is -2.18. The highest BCUT2D eigenvalue weighted by Crippen LogP contribution is 2.26. The molecule has 1 heterocycles. The predicted octanol–water partition coefficient (Wildman–Crippen LogP) is 1.63. The smallest absolute Gasteiger partial charge is 0.324 e. The molecule has 1 unspecified atom stereocenters. The second kappa shape index (κ2) is 4.83. The quantitative estimate of drug-likeness (QED) is 0.790. The van der Waals surface area contributed by atoms with Crippen LogP contribution in [-0.4, -0.2) is 27.4 Å². The lowest BCUT2D eigenvalue weighted by atomic mass is 10.1. The van der Waals surface area contributed by atoms with E-state index in [2.05, 4.69) is 4.98 Å². The van der Waals surface area contributed by atoms with E-state index >= 15 is 0 Å². The Morgan fingerprint density at radius 2 is 2.47 bits per heavy atom. The minimum atomic E-state index is -1.27. The molecule has 4 nitrogen and oxygen atoms in total. The van der Waals surface area contributed by atoms with Crippen LogP contribution in [0.5, 0.6) is 0 Å². The third-order valence-corrected chi connectivity index (χ3v) is 3.48. The van der Waals surface area contributed by atoms with E-state index in [9.17, 15) is 4.79 Å². The van der Waals surface area contributed by atoms with Gasteiger partial charge in [-0.1, -0.05) is 11.6 Å². The number of pyridine rings is 1. The van der Waals surface area contributed by atoms with Crippen LogP contribution in [0.2, 0.25) is 5.02 Å². The topological polar surface area (TPSA) is 76.2 Å². The van der Waals surface area contributed by atoms with Crippen molar-refractivity contribution in [3.05, 3.63) is 23.4 Å². The highest BCUT2D eigenvalue weighted by molar-refractivity contribution is 7.99. The maximum Gasteiger partial charge on any atom is 0.324 e. The summed E-state index contributed by atoms with van der Waals surface area (Å²) in [5.41, 5.74) is 4.29. The molecule has 0 spiro atoms. The first-order valence-electron chi connectivity index (χ1n) is 4.19. The van der Waals surface area contributed by atoms with Crippen LogP contribution in [0.15, 0.2) is 23.4 Å². The van der Waals surface area contributed by atoms with E-state index in [0.717, 1.165) is 0 Å². The maximum absolute atomic E-state index is 10.7. The average Bonchev–Trinajstić information content (AvgIpc) is 2.16. The molecule has 6 heteroatoms. The fourth-order valence-electron chi connectivity index (χ4n) is 0.757. The largest absolute Gasteiger partial charge is 0.480 e. The van der Waals surface area contributed by atoms with Crippen molar-refractivity contribution in [1.82, 2.24) is 4.98 Å². The number of hydrogen-bond acceptors (Lipinski definition) is 4. The summed E-state index contributed by atoms with van der Waals surface area (Å²) in [4.78, 5) is 14.8. The van der Waals surface area contributed by atoms with Gasteiger partial charge < -0.3 is 10.8 Å². The van der Waals surface area contributed by atoms with Crippen molar-refractivity contribution >= 4 is 29.3 Å². The van der Waals surface area contributed by atoms with Gasteiger partial charge in [0.25, 0.3) is 0 Å². The van der Waals surface area contributed by atoms with Crippen LogP contribution in [0.4, 0.5) is 0 Å². The summed E-state index contributed by atoms with van der Waals surface area (Å²) in [5.74, 6) is -0.818. The molecule has 15 heavy (non-hydrogen) atoms. The van der Waals surface area contributed by atoms with E-state index in [-0.39, 0.29) is 5.75 Å². The molecule has 0 aliphatic rings. The molecule has 1 rings (SSSR count). The summed E-state index contributed by atoms with van der Waals surface area (Å²) in [6.45, 7) is 1.46. The van der Waals surface area contributed by atoms with Gasteiger partial charge in [0.05, 0.1) is 5.02 Å². The third-order valence-electron chi connectivity index (χ3n) is 1.72. The van der Waals surface area contributed by atoms with E-state index in [1.54, 1.807) is 18.3 Å². The lowest BCUT2D eigenvalue weighted by Crippen LogP contribution is -2.47. The first-order valence-corrected chi connectivity index (χ1v) is 5.55. The molecule has 0 radical (unpaired) electrons. The van der Waals surface area contributed by atoms with Crippen LogP contribution >= 0.6 is 23.4 Å². The molecular weight excluding hydrogens is 236 g/mol. The Hall–Kier alpha value is -0.780. The van der Waals surface area contributed by atoms with E-state index in [1.807, 2.05) is 0 Å². The van der Waals surface area contributed by atoms with Gasteiger partial charge in [-0.05, 0) is 19.1 Å². The number of nitrogens with zero attached hydrogens (tertiary/aromatic N) is 1. The lowest BCUT2D eigenvalue weighted by molar-refractivity contribution is -0.141. The zero-order chi connectivity index (χ0) is 11.5. The van der Waals surface area contributed by atoms with Gasteiger partial charge >= 0.3 is 5.97 Å². The summed E-state index contributed by atoms with van der Waals surface area (Å²) in [6, 6.07) is 3.41. The number of carboxylic acid groups (broad SMARTS) is 1. The number of nitrogens with two attached hydrogens (primary N) is 1. The van der Waals surface area contributed by atoms with E-state index < -0.39 is 11.5 Å². The molecule has 0 bridgehead atoms. The summed E-state index contributed by atoms with van der Waals surface area (Å²) >= 11 is 7.09. The van der Waals surface area contributed by atoms with Crippen LogP contribution in [-0.2, 0) is 4.79 Å². The number of halogens is 1. The zero-order valence-electron chi connectivity index (χ0n) is 8.11.